The van der Waals surface area contributed by atoms with E-state index in [-0.39, 0.29) is 28.6 Å². The minimum absolute atomic E-state index is 0.0138. The molecule has 0 radical (unpaired) electrons. The molecule has 1 fully saturated rings. The third kappa shape index (κ3) is 3.58. The van der Waals surface area contributed by atoms with E-state index in [0.717, 1.165) is 29.7 Å². The molecule has 1 saturated heterocycles. The molecule has 3 heterocycles. The van der Waals surface area contributed by atoms with Gasteiger partial charge in [0, 0.05) is 36.7 Å². The summed E-state index contributed by atoms with van der Waals surface area (Å²) in [6, 6.07) is 9.46. The van der Waals surface area contributed by atoms with Gasteiger partial charge < -0.3 is 14.9 Å². The first-order valence-corrected chi connectivity index (χ1v) is 10.8. The monoisotopic (exact) mass is 418 g/mol. The number of benzene rings is 1. The van der Waals surface area contributed by atoms with Crippen LogP contribution in [0.25, 0.3) is 11.0 Å². The van der Waals surface area contributed by atoms with Gasteiger partial charge in [0.1, 0.15) is 11.4 Å². The number of nitrogens with one attached hydrogen (secondary N) is 2. The Kier molecular flexibility index (Phi) is 4.57. The van der Waals surface area contributed by atoms with E-state index in [1.807, 2.05) is 38.1 Å². The van der Waals surface area contributed by atoms with Crippen molar-refractivity contribution < 1.29 is 9.59 Å². The summed E-state index contributed by atoms with van der Waals surface area (Å²) in [6.45, 7) is 5.13. The smallest absolute Gasteiger partial charge is 0.261 e. The van der Waals surface area contributed by atoms with Crippen LogP contribution in [0.3, 0.4) is 0 Å². The van der Waals surface area contributed by atoms with Crippen LogP contribution in [0.4, 0.5) is 0 Å². The molecule has 0 bridgehead atoms. The Morgan fingerprint density at radius 2 is 1.84 bits per heavy atom. The average Bonchev–Trinajstić information content (AvgIpc) is 3.16. The summed E-state index contributed by atoms with van der Waals surface area (Å²) in [5.41, 5.74) is 2.57. The number of piperidine rings is 1. The Labute approximate surface area is 179 Å². The number of carbonyl (C=O) groups excluding carboxylic acids is 2. The van der Waals surface area contributed by atoms with Crippen molar-refractivity contribution >= 4 is 22.7 Å². The number of nitrogens with zero attached hydrogens (tertiary/aromatic N) is 2. The molecule has 1 aliphatic carbocycles. The van der Waals surface area contributed by atoms with Gasteiger partial charge in [-0.3, -0.25) is 14.4 Å². The van der Waals surface area contributed by atoms with E-state index in [1.165, 1.54) is 6.07 Å². The summed E-state index contributed by atoms with van der Waals surface area (Å²) in [6.07, 6.45) is 2.60. The molecule has 31 heavy (non-hydrogen) atoms. The van der Waals surface area contributed by atoms with E-state index in [4.69, 9.17) is 4.98 Å². The van der Waals surface area contributed by atoms with Crippen LogP contribution in [0.2, 0.25) is 0 Å². The summed E-state index contributed by atoms with van der Waals surface area (Å²) < 4.78 is 0. The maximum Gasteiger partial charge on any atom is 0.261 e. The summed E-state index contributed by atoms with van der Waals surface area (Å²) >= 11 is 0. The highest BCUT2D eigenvalue weighted by atomic mass is 16.2. The fourth-order valence-corrected chi connectivity index (χ4v) is 4.88. The van der Waals surface area contributed by atoms with Crippen molar-refractivity contribution in [2.24, 2.45) is 5.41 Å². The number of H-pyrrole nitrogens is 2. The van der Waals surface area contributed by atoms with Gasteiger partial charge in [-0.05, 0) is 42.9 Å². The first-order chi connectivity index (χ1) is 14.8. The Morgan fingerprint density at radius 3 is 2.58 bits per heavy atom. The van der Waals surface area contributed by atoms with Crippen LogP contribution in [-0.2, 0) is 6.42 Å². The Hall–Kier alpha value is -3.22. The predicted octanol–water partition coefficient (Wildman–Crippen LogP) is 3.43. The second-order valence-corrected chi connectivity index (χ2v) is 9.55. The molecular formula is C24H26N4O3. The van der Waals surface area contributed by atoms with E-state index >= 15 is 0 Å². The molecule has 1 amide bonds. The Morgan fingerprint density at radius 1 is 1.10 bits per heavy atom. The number of hydrogen-bond donors (Lipinski definition) is 2. The molecule has 2 aliphatic rings. The number of carbonyl (C=O) groups is 2. The Bertz CT molecular complexity index is 1210. The van der Waals surface area contributed by atoms with Crippen molar-refractivity contribution in [3.05, 3.63) is 63.3 Å². The van der Waals surface area contributed by atoms with Gasteiger partial charge in [0.2, 0.25) is 0 Å². The number of aromatic amines is 2. The maximum absolute atomic E-state index is 13.1. The fourth-order valence-electron chi connectivity index (χ4n) is 4.88. The van der Waals surface area contributed by atoms with Crippen LogP contribution in [0.15, 0.2) is 35.1 Å². The van der Waals surface area contributed by atoms with E-state index in [9.17, 15) is 14.4 Å². The first-order valence-electron chi connectivity index (χ1n) is 10.8. The highest BCUT2D eigenvalue weighted by Crippen LogP contribution is 2.34. The largest absolute Gasteiger partial charge is 0.342 e. The molecule has 0 atom stereocenters. The number of imidazole rings is 1. The van der Waals surface area contributed by atoms with E-state index in [2.05, 4.69) is 9.97 Å². The number of aromatic nitrogens is 3. The standard InChI is InChI=1S/C24H26N4O3/c1-24(2)12-19-15(20(29)13-24)11-16(22(30)27-19)23(31)28-9-7-14(8-10-28)21-25-17-5-3-4-6-18(17)26-21/h3-6,11,14H,7-10,12-13H2,1-2H3,(H,25,26)(H,27,30). The van der Waals surface area contributed by atoms with Crippen LogP contribution >= 0.6 is 0 Å². The van der Waals surface area contributed by atoms with Gasteiger partial charge in [-0.1, -0.05) is 26.0 Å². The molecule has 2 aromatic heterocycles. The highest BCUT2D eigenvalue weighted by molar-refractivity contribution is 6.02. The first kappa shape index (κ1) is 19.7. The van der Waals surface area contributed by atoms with Gasteiger partial charge >= 0.3 is 0 Å². The number of para-hydroxylation sites is 2. The second-order valence-electron chi connectivity index (χ2n) is 9.55. The number of ketones is 1. The van der Waals surface area contributed by atoms with E-state index in [1.54, 1.807) is 4.90 Å². The number of amides is 1. The van der Waals surface area contributed by atoms with Crippen molar-refractivity contribution in [1.29, 1.82) is 0 Å². The SMILES string of the molecule is CC1(C)CC(=O)c2cc(C(=O)N3CCC(c4nc5ccccc5[nH]4)CC3)c(=O)[nH]c2C1. The van der Waals surface area contributed by atoms with Crippen LogP contribution in [0.1, 0.15) is 71.3 Å². The Balaban J connectivity index is 1.33. The van der Waals surface area contributed by atoms with Gasteiger partial charge in [-0.15, -0.1) is 0 Å². The van der Waals surface area contributed by atoms with Gasteiger partial charge in [0.05, 0.1) is 11.0 Å². The summed E-state index contributed by atoms with van der Waals surface area (Å²) in [5.74, 6) is 0.889. The van der Waals surface area contributed by atoms with E-state index in [0.29, 0.717) is 37.2 Å². The molecule has 2 N–H and O–H groups in total. The molecule has 7 heteroatoms. The van der Waals surface area contributed by atoms with Gasteiger partial charge in [-0.25, -0.2) is 4.98 Å². The average molecular weight is 418 g/mol. The van der Waals surface area contributed by atoms with Crippen LogP contribution < -0.4 is 5.56 Å². The van der Waals surface area contributed by atoms with Gasteiger partial charge in [0.25, 0.3) is 11.5 Å². The van der Waals surface area contributed by atoms with Crippen molar-refractivity contribution in [3.63, 3.8) is 0 Å². The van der Waals surface area contributed by atoms with Crippen molar-refractivity contribution in [3.8, 4) is 0 Å². The minimum Gasteiger partial charge on any atom is -0.342 e. The second kappa shape index (κ2) is 7.18. The zero-order chi connectivity index (χ0) is 21.8. The predicted molar refractivity (Wildman–Crippen MR) is 117 cm³/mol. The van der Waals surface area contributed by atoms with Crippen LogP contribution in [0, 0.1) is 5.41 Å². The van der Waals surface area contributed by atoms with Crippen molar-refractivity contribution in [1.82, 2.24) is 19.9 Å². The third-order valence-corrected chi connectivity index (χ3v) is 6.52. The zero-order valence-corrected chi connectivity index (χ0v) is 17.8. The molecular weight excluding hydrogens is 392 g/mol. The number of fused-ring (bicyclic) bond motifs is 2. The number of Topliss-reactive ketones (excluding diaryl/α,β-unsaturated/α-hetero) is 1. The van der Waals surface area contributed by atoms with Gasteiger partial charge in [-0.2, -0.15) is 0 Å². The van der Waals surface area contributed by atoms with Gasteiger partial charge in [0.15, 0.2) is 5.78 Å². The number of pyridine rings is 1. The molecule has 0 unspecified atom stereocenters. The number of hydrogen-bond acceptors (Lipinski definition) is 4. The molecule has 0 spiro atoms. The fraction of sp³-hybridized carbons (Fsp3) is 0.417. The lowest BCUT2D eigenvalue weighted by atomic mass is 9.75. The number of rotatable bonds is 2. The topological polar surface area (TPSA) is 98.9 Å². The minimum atomic E-state index is -0.409. The quantitative estimate of drug-likeness (QED) is 0.666. The van der Waals surface area contributed by atoms with Crippen molar-refractivity contribution in [2.45, 2.75) is 45.4 Å². The lowest BCUT2D eigenvalue weighted by molar-refractivity contribution is 0.0709. The van der Waals surface area contributed by atoms with Crippen LogP contribution in [0.5, 0.6) is 0 Å². The van der Waals surface area contributed by atoms with Crippen molar-refractivity contribution in [2.75, 3.05) is 13.1 Å². The molecule has 160 valence electrons. The number of likely N-dealkylation sites (tertiary alicyclic amines) is 1. The molecule has 3 aromatic rings. The summed E-state index contributed by atoms with van der Waals surface area (Å²) in [5, 5.41) is 0. The molecule has 1 aliphatic heterocycles. The molecule has 5 rings (SSSR count). The molecule has 7 nitrogen and oxygen atoms in total. The third-order valence-electron chi connectivity index (χ3n) is 6.52. The molecule has 1 aromatic carbocycles. The normalized spacial score (nSPS) is 18.9. The lowest BCUT2D eigenvalue weighted by Gasteiger charge is -2.32. The lowest BCUT2D eigenvalue weighted by Crippen LogP contribution is -2.41. The van der Waals surface area contributed by atoms with E-state index < -0.39 is 5.56 Å². The van der Waals surface area contributed by atoms with Crippen LogP contribution in [-0.4, -0.2) is 44.6 Å². The zero-order valence-electron chi connectivity index (χ0n) is 17.8. The summed E-state index contributed by atoms with van der Waals surface area (Å²) in [4.78, 5) is 50.9. The highest BCUT2D eigenvalue weighted by Gasteiger charge is 2.34. The maximum atomic E-state index is 13.1. The summed E-state index contributed by atoms with van der Waals surface area (Å²) in [7, 11) is 0. The molecule has 0 saturated carbocycles.